The number of thiophene rings is 1. The van der Waals surface area contributed by atoms with Gasteiger partial charge in [-0.1, -0.05) is 42.5 Å². The second kappa shape index (κ2) is 13.8. The molecule has 1 amide bonds. The van der Waals surface area contributed by atoms with E-state index in [9.17, 15) is 19.2 Å². The topological polar surface area (TPSA) is 101 Å². The summed E-state index contributed by atoms with van der Waals surface area (Å²) in [7, 11) is 0.0183. The Hall–Kier alpha value is -1.95. The molecule has 0 saturated heterocycles. The van der Waals surface area contributed by atoms with Crippen LogP contribution in [-0.2, 0) is 27.5 Å². The smallest absolute Gasteiger partial charge is 0.326 e. The molecule has 2 aromatic carbocycles. The molecular weight excluding hydrogens is 509 g/mol. The SMILES string of the molecule is CSCCC(NC(=O)c1ccc(CS[S+]([O-])NCc2cccs2)cc1-c1ccccc1)C(=O)O. The lowest BCUT2D eigenvalue weighted by Gasteiger charge is -2.17. The molecule has 0 aliphatic carbocycles. The Balaban J connectivity index is 1.74. The summed E-state index contributed by atoms with van der Waals surface area (Å²) in [6.45, 7) is 0.549. The van der Waals surface area contributed by atoms with Crippen molar-refractivity contribution in [2.24, 2.45) is 0 Å². The van der Waals surface area contributed by atoms with Gasteiger partial charge < -0.3 is 15.0 Å². The lowest BCUT2D eigenvalue weighted by molar-refractivity contribution is -0.139. The van der Waals surface area contributed by atoms with E-state index in [2.05, 4.69) is 10.0 Å². The van der Waals surface area contributed by atoms with Crippen LogP contribution < -0.4 is 10.0 Å². The molecule has 0 saturated carbocycles. The van der Waals surface area contributed by atoms with Crippen LogP contribution in [0.5, 0.6) is 0 Å². The Kier molecular flexibility index (Phi) is 10.8. The third-order valence-electron chi connectivity index (χ3n) is 4.90. The highest BCUT2D eigenvalue weighted by Crippen LogP contribution is 2.28. The Morgan fingerprint density at radius 3 is 2.62 bits per heavy atom. The van der Waals surface area contributed by atoms with Crippen LogP contribution in [0.25, 0.3) is 11.1 Å². The van der Waals surface area contributed by atoms with Gasteiger partial charge in [0.25, 0.3) is 5.91 Å². The maximum Gasteiger partial charge on any atom is 0.326 e. The van der Waals surface area contributed by atoms with Crippen LogP contribution >= 0.6 is 33.9 Å². The standard InChI is InChI=1S/C24H26N2O4S4/c1-31-13-11-22(24(28)29)26-23(27)20-10-9-17(14-21(20)18-6-3-2-4-7-18)16-33-34(30)25-15-19-8-5-12-32-19/h2-10,12,14,22,25H,11,13,15-16H2,1H3,(H,26,27)(H,28,29). The first-order chi connectivity index (χ1) is 16.5. The van der Waals surface area contributed by atoms with Crippen LogP contribution in [0.2, 0.25) is 0 Å². The maximum atomic E-state index is 13.0. The normalized spacial score (nSPS) is 12.8. The number of aliphatic carboxylic acids is 1. The van der Waals surface area contributed by atoms with Crippen molar-refractivity contribution in [3.63, 3.8) is 0 Å². The van der Waals surface area contributed by atoms with Crippen LogP contribution in [-0.4, -0.2) is 39.6 Å². The van der Waals surface area contributed by atoms with Crippen LogP contribution in [0, 0.1) is 0 Å². The van der Waals surface area contributed by atoms with Crippen LogP contribution in [0.4, 0.5) is 0 Å². The van der Waals surface area contributed by atoms with E-state index in [0.29, 0.717) is 35.6 Å². The molecule has 0 spiro atoms. The predicted octanol–water partition coefficient (Wildman–Crippen LogP) is 4.95. The van der Waals surface area contributed by atoms with E-state index in [1.165, 1.54) is 22.6 Å². The molecule has 0 radical (unpaired) electrons. The van der Waals surface area contributed by atoms with E-state index < -0.39 is 28.3 Å². The summed E-state index contributed by atoms with van der Waals surface area (Å²) in [6, 6.07) is 17.9. The van der Waals surface area contributed by atoms with Crippen LogP contribution in [0.1, 0.15) is 27.2 Å². The van der Waals surface area contributed by atoms with Gasteiger partial charge in [-0.15, -0.1) is 16.1 Å². The van der Waals surface area contributed by atoms with Crippen molar-refractivity contribution in [3.05, 3.63) is 82.0 Å². The minimum Gasteiger partial charge on any atom is -0.586 e. The van der Waals surface area contributed by atoms with Gasteiger partial charge in [0.15, 0.2) is 0 Å². The fourth-order valence-corrected chi connectivity index (χ4v) is 6.31. The van der Waals surface area contributed by atoms with E-state index >= 15 is 0 Å². The number of hydrogen-bond acceptors (Lipinski definition) is 7. The van der Waals surface area contributed by atoms with E-state index in [1.54, 1.807) is 17.4 Å². The maximum absolute atomic E-state index is 13.0. The average molecular weight is 535 g/mol. The number of benzene rings is 2. The minimum absolute atomic E-state index is 0.349. The molecule has 0 bridgehead atoms. The van der Waals surface area contributed by atoms with E-state index in [4.69, 9.17) is 0 Å². The van der Waals surface area contributed by atoms with E-state index in [1.807, 2.05) is 66.2 Å². The average Bonchev–Trinajstić information content (AvgIpc) is 3.38. The molecule has 34 heavy (non-hydrogen) atoms. The molecule has 180 valence electrons. The van der Waals surface area contributed by atoms with Gasteiger partial charge in [-0.3, -0.25) is 4.79 Å². The van der Waals surface area contributed by atoms with Crippen molar-refractivity contribution < 1.29 is 19.2 Å². The molecule has 1 heterocycles. The Morgan fingerprint density at radius 2 is 1.94 bits per heavy atom. The first-order valence-electron chi connectivity index (χ1n) is 10.5. The quantitative estimate of drug-likeness (QED) is 0.211. The first kappa shape index (κ1) is 26.7. The molecular formula is C24H26N2O4S4. The minimum atomic E-state index is -1.26. The van der Waals surface area contributed by atoms with Crippen LogP contribution in [0.15, 0.2) is 66.0 Å². The highest BCUT2D eigenvalue weighted by Gasteiger charge is 2.22. The predicted molar refractivity (Wildman–Crippen MR) is 144 cm³/mol. The largest absolute Gasteiger partial charge is 0.586 e. The summed E-state index contributed by atoms with van der Waals surface area (Å²) >= 11 is 3.15. The fraction of sp³-hybridized carbons (Fsp3) is 0.250. The molecule has 3 aromatic rings. The first-order valence-corrected chi connectivity index (χ1v) is 15.4. The zero-order valence-electron chi connectivity index (χ0n) is 18.6. The second-order valence-corrected chi connectivity index (χ2v) is 12.2. The van der Waals surface area contributed by atoms with Gasteiger partial charge in [-0.2, -0.15) is 11.8 Å². The summed E-state index contributed by atoms with van der Waals surface area (Å²) in [5.74, 6) is -0.338. The van der Waals surface area contributed by atoms with Gasteiger partial charge in [-0.05, 0) is 58.7 Å². The number of hydrogen-bond donors (Lipinski definition) is 3. The van der Waals surface area contributed by atoms with Crippen molar-refractivity contribution in [2.75, 3.05) is 12.0 Å². The molecule has 0 aliphatic heterocycles. The van der Waals surface area contributed by atoms with Crippen molar-refractivity contribution in [1.29, 1.82) is 0 Å². The second-order valence-electron chi connectivity index (χ2n) is 7.29. The van der Waals surface area contributed by atoms with Crippen molar-refractivity contribution in [1.82, 2.24) is 10.0 Å². The summed E-state index contributed by atoms with van der Waals surface area (Å²) in [6.07, 6.45) is 2.25. The summed E-state index contributed by atoms with van der Waals surface area (Å²) < 4.78 is 15.4. The van der Waals surface area contributed by atoms with Gasteiger partial charge in [0.05, 0.1) is 12.3 Å². The number of carboxylic acids is 1. The number of carboxylic acid groups (broad SMARTS) is 1. The Bertz CT molecular complexity index is 1060. The molecule has 2 atom stereocenters. The van der Waals surface area contributed by atoms with E-state index in [0.717, 1.165) is 16.0 Å². The molecule has 3 rings (SSSR count). The van der Waals surface area contributed by atoms with Gasteiger partial charge in [0.1, 0.15) is 27.2 Å². The third kappa shape index (κ3) is 8.07. The highest BCUT2D eigenvalue weighted by atomic mass is 33.1. The Morgan fingerprint density at radius 1 is 1.15 bits per heavy atom. The number of amides is 1. The molecule has 6 nitrogen and oxygen atoms in total. The van der Waals surface area contributed by atoms with Crippen molar-refractivity contribution in [3.8, 4) is 11.1 Å². The van der Waals surface area contributed by atoms with Gasteiger partial charge in [0.2, 0.25) is 0 Å². The third-order valence-corrected chi connectivity index (χ3v) is 8.82. The lowest BCUT2D eigenvalue weighted by atomic mass is 9.97. The summed E-state index contributed by atoms with van der Waals surface area (Å²) in [5.41, 5.74) is 2.89. The summed E-state index contributed by atoms with van der Waals surface area (Å²) in [5, 5.41) is 14.1. The number of rotatable bonds is 13. The molecule has 0 aliphatic rings. The molecule has 0 fully saturated rings. The Labute approximate surface area is 214 Å². The van der Waals surface area contributed by atoms with E-state index in [-0.39, 0.29) is 0 Å². The van der Waals surface area contributed by atoms with Crippen molar-refractivity contribution >= 4 is 56.2 Å². The lowest BCUT2D eigenvalue weighted by Crippen LogP contribution is -2.41. The zero-order valence-corrected chi connectivity index (χ0v) is 21.8. The highest BCUT2D eigenvalue weighted by molar-refractivity contribution is 8.70. The van der Waals surface area contributed by atoms with Gasteiger partial charge >= 0.3 is 5.97 Å². The molecule has 10 heteroatoms. The monoisotopic (exact) mass is 534 g/mol. The number of carbonyl (C=O) groups excluding carboxylic acids is 1. The zero-order chi connectivity index (χ0) is 24.3. The van der Waals surface area contributed by atoms with Crippen molar-refractivity contribution in [2.45, 2.75) is 24.8 Å². The molecule has 2 unspecified atom stereocenters. The molecule has 3 N–H and O–H groups in total. The fourth-order valence-electron chi connectivity index (χ4n) is 3.17. The van der Waals surface area contributed by atoms with Crippen LogP contribution in [0.3, 0.4) is 0 Å². The van der Waals surface area contributed by atoms with Gasteiger partial charge in [-0.25, -0.2) is 4.79 Å². The van der Waals surface area contributed by atoms with Gasteiger partial charge in [0, 0.05) is 10.4 Å². The number of nitrogens with one attached hydrogen (secondary N) is 2. The molecule has 1 aromatic heterocycles. The number of carbonyl (C=O) groups is 2. The summed E-state index contributed by atoms with van der Waals surface area (Å²) in [4.78, 5) is 25.8. The number of thioether (sulfide) groups is 1.